The van der Waals surface area contributed by atoms with Gasteiger partial charge in [-0.05, 0) is 19.4 Å². The summed E-state index contributed by atoms with van der Waals surface area (Å²) in [5, 5.41) is 9.20. The lowest BCUT2D eigenvalue weighted by molar-refractivity contribution is 0.0781. The van der Waals surface area contributed by atoms with Gasteiger partial charge in [0.25, 0.3) is 0 Å². The summed E-state index contributed by atoms with van der Waals surface area (Å²) in [6.07, 6.45) is 6.98. The Morgan fingerprint density at radius 3 is 3.10 bits per heavy atom. The highest BCUT2D eigenvalue weighted by atomic mass is 16.3. The molecule has 1 heterocycles. The van der Waals surface area contributed by atoms with Gasteiger partial charge in [0.2, 0.25) is 0 Å². The fraction of sp³-hybridized carbons (Fsp3) is 0.750. The number of piperidine rings is 1. The third kappa shape index (κ3) is 2.02. The molecule has 1 N–H and O–H groups in total. The van der Waals surface area contributed by atoms with Gasteiger partial charge in [-0.3, -0.25) is 4.90 Å². The number of aliphatic hydroxyl groups excluding tert-OH is 1. The average Bonchev–Trinajstić information content (AvgIpc) is 1.88. The van der Waals surface area contributed by atoms with Crippen LogP contribution in [0, 0.1) is 12.3 Å². The van der Waals surface area contributed by atoms with Gasteiger partial charge in [-0.1, -0.05) is 5.92 Å². The number of hydrogen-bond acceptors (Lipinski definition) is 2. The topological polar surface area (TPSA) is 23.5 Å². The molecule has 2 nitrogen and oxygen atoms in total. The molecule has 0 aromatic rings. The number of aliphatic hydroxyl groups is 1. The molecule has 0 radical (unpaired) electrons. The molecule has 0 aliphatic carbocycles. The van der Waals surface area contributed by atoms with Gasteiger partial charge in [0.15, 0.2) is 0 Å². The fourth-order valence-corrected chi connectivity index (χ4v) is 1.30. The molecule has 0 aromatic carbocycles. The molecule has 56 valence electrons. The van der Waals surface area contributed by atoms with Crippen LogP contribution in [0.5, 0.6) is 0 Å². The normalized spacial score (nSPS) is 27.8. The van der Waals surface area contributed by atoms with Crippen LogP contribution in [0.25, 0.3) is 0 Å². The molecule has 0 unspecified atom stereocenters. The van der Waals surface area contributed by atoms with E-state index in [0.29, 0.717) is 6.54 Å². The minimum Gasteiger partial charge on any atom is -0.392 e. The second-order valence-electron chi connectivity index (χ2n) is 2.74. The van der Waals surface area contributed by atoms with Crippen LogP contribution in [-0.4, -0.2) is 35.7 Å². The van der Waals surface area contributed by atoms with Crippen LogP contribution in [0.15, 0.2) is 0 Å². The van der Waals surface area contributed by atoms with Gasteiger partial charge in [-0.2, -0.15) is 0 Å². The van der Waals surface area contributed by atoms with Crippen LogP contribution in [0.2, 0.25) is 0 Å². The maximum absolute atomic E-state index is 9.20. The lowest BCUT2D eigenvalue weighted by Crippen LogP contribution is -2.38. The zero-order chi connectivity index (χ0) is 7.40. The van der Waals surface area contributed by atoms with Crippen molar-refractivity contribution in [3.8, 4) is 12.3 Å². The van der Waals surface area contributed by atoms with E-state index in [4.69, 9.17) is 6.42 Å². The summed E-state index contributed by atoms with van der Waals surface area (Å²) < 4.78 is 0. The molecule has 0 bridgehead atoms. The van der Waals surface area contributed by atoms with Crippen molar-refractivity contribution in [3.05, 3.63) is 0 Å². The summed E-state index contributed by atoms with van der Waals surface area (Å²) in [5.41, 5.74) is 0. The molecule has 10 heavy (non-hydrogen) atoms. The Morgan fingerprint density at radius 1 is 1.70 bits per heavy atom. The number of rotatable bonds is 1. The Hall–Kier alpha value is -0.520. The molecular weight excluding hydrogens is 126 g/mol. The predicted molar refractivity (Wildman–Crippen MR) is 40.5 cm³/mol. The van der Waals surface area contributed by atoms with Gasteiger partial charge >= 0.3 is 0 Å². The van der Waals surface area contributed by atoms with E-state index in [0.717, 1.165) is 25.9 Å². The molecule has 1 aliphatic rings. The van der Waals surface area contributed by atoms with Crippen LogP contribution >= 0.6 is 0 Å². The van der Waals surface area contributed by atoms with Gasteiger partial charge in [-0.25, -0.2) is 0 Å². The highest BCUT2D eigenvalue weighted by Gasteiger charge is 2.15. The molecule has 0 amide bonds. The summed E-state index contributed by atoms with van der Waals surface area (Å²) in [7, 11) is 0. The summed E-state index contributed by atoms with van der Waals surface area (Å²) >= 11 is 0. The molecule has 1 aliphatic heterocycles. The first-order valence-corrected chi connectivity index (χ1v) is 3.67. The molecule has 2 heteroatoms. The first-order valence-electron chi connectivity index (χ1n) is 3.67. The van der Waals surface area contributed by atoms with E-state index in [1.54, 1.807) is 0 Å². The molecule has 1 rings (SSSR count). The minimum atomic E-state index is -0.151. The van der Waals surface area contributed by atoms with Crippen molar-refractivity contribution >= 4 is 0 Å². The summed E-state index contributed by atoms with van der Waals surface area (Å²) in [6.45, 7) is 2.47. The van der Waals surface area contributed by atoms with E-state index in [1.807, 2.05) is 0 Å². The number of terminal acetylenes is 1. The molecule has 0 aromatic heterocycles. The van der Waals surface area contributed by atoms with Gasteiger partial charge in [0.1, 0.15) is 0 Å². The second-order valence-corrected chi connectivity index (χ2v) is 2.74. The van der Waals surface area contributed by atoms with Crippen LogP contribution in [0.3, 0.4) is 0 Å². The van der Waals surface area contributed by atoms with E-state index < -0.39 is 0 Å². The lowest BCUT2D eigenvalue weighted by atomic mass is 10.1. The first-order chi connectivity index (χ1) is 4.83. The van der Waals surface area contributed by atoms with Crippen molar-refractivity contribution in [2.45, 2.75) is 18.9 Å². The van der Waals surface area contributed by atoms with E-state index in [9.17, 15) is 5.11 Å². The number of β-amino-alcohol motifs (C(OH)–C–C–N with tert-alkyl or cyclic N) is 1. The Morgan fingerprint density at radius 2 is 2.50 bits per heavy atom. The van der Waals surface area contributed by atoms with Crippen LogP contribution in [0.1, 0.15) is 12.8 Å². The van der Waals surface area contributed by atoms with Crippen molar-refractivity contribution in [1.82, 2.24) is 4.90 Å². The van der Waals surface area contributed by atoms with Gasteiger partial charge < -0.3 is 5.11 Å². The Bertz CT molecular complexity index is 139. The van der Waals surface area contributed by atoms with Crippen LogP contribution in [-0.2, 0) is 0 Å². The fourth-order valence-electron chi connectivity index (χ4n) is 1.30. The van der Waals surface area contributed by atoms with Crippen molar-refractivity contribution in [3.63, 3.8) is 0 Å². The maximum Gasteiger partial charge on any atom is 0.0668 e. The summed E-state index contributed by atoms with van der Waals surface area (Å²) in [6, 6.07) is 0. The quantitative estimate of drug-likeness (QED) is 0.520. The van der Waals surface area contributed by atoms with E-state index in [2.05, 4.69) is 10.8 Å². The van der Waals surface area contributed by atoms with Gasteiger partial charge in [0.05, 0.1) is 12.6 Å². The van der Waals surface area contributed by atoms with Crippen molar-refractivity contribution < 1.29 is 5.11 Å². The summed E-state index contributed by atoms with van der Waals surface area (Å²) in [4.78, 5) is 2.11. The van der Waals surface area contributed by atoms with Crippen molar-refractivity contribution in [2.75, 3.05) is 19.6 Å². The predicted octanol–water partition coefficient (Wildman–Crippen LogP) is 0.0763. The smallest absolute Gasteiger partial charge is 0.0668 e. The van der Waals surface area contributed by atoms with Gasteiger partial charge in [0, 0.05) is 6.54 Å². The molecule has 1 atom stereocenters. The van der Waals surface area contributed by atoms with E-state index in [-0.39, 0.29) is 6.10 Å². The highest BCUT2D eigenvalue weighted by Crippen LogP contribution is 2.08. The van der Waals surface area contributed by atoms with Gasteiger partial charge in [-0.15, -0.1) is 6.42 Å². The zero-order valence-corrected chi connectivity index (χ0v) is 6.08. The van der Waals surface area contributed by atoms with Crippen molar-refractivity contribution in [1.29, 1.82) is 0 Å². The molecule has 1 fully saturated rings. The lowest BCUT2D eigenvalue weighted by Gasteiger charge is -2.27. The molecule has 1 saturated heterocycles. The average molecular weight is 139 g/mol. The number of likely N-dealkylation sites (tertiary alicyclic amines) is 1. The zero-order valence-electron chi connectivity index (χ0n) is 6.08. The Kier molecular flexibility index (Phi) is 2.73. The van der Waals surface area contributed by atoms with Crippen LogP contribution < -0.4 is 0 Å². The third-order valence-corrected chi connectivity index (χ3v) is 1.80. The maximum atomic E-state index is 9.20. The largest absolute Gasteiger partial charge is 0.392 e. The highest BCUT2D eigenvalue weighted by molar-refractivity contribution is 4.89. The summed E-state index contributed by atoms with van der Waals surface area (Å²) in [5.74, 6) is 2.57. The third-order valence-electron chi connectivity index (χ3n) is 1.80. The minimum absolute atomic E-state index is 0.151. The molecular formula is C8H13NO. The van der Waals surface area contributed by atoms with Crippen molar-refractivity contribution in [2.24, 2.45) is 0 Å². The standard InChI is InChI=1S/C8H13NO/c1-2-5-9-6-3-4-8(10)7-9/h1,8,10H,3-7H2/t8-/m0/s1. The Balaban J connectivity index is 2.27. The monoisotopic (exact) mass is 139 g/mol. The second kappa shape index (κ2) is 3.60. The molecule has 0 spiro atoms. The number of nitrogens with zero attached hydrogens (tertiary/aromatic N) is 1. The molecule has 0 saturated carbocycles. The van der Waals surface area contributed by atoms with E-state index in [1.165, 1.54) is 0 Å². The Labute approximate surface area is 61.8 Å². The SMILES string of the molecule is C#CCN1CCC[C@H](O)C1. The first kappa shape index (κ1) is 7.59. The van der Waals surface area contributed by atoms with E-state index >= 15 is 0 Å². The van der Waals surface area contributed by atoms with Crippen LogP contribution in [0.4, 0.5) is 0 Å². The number of hydrogen-bond donors (Lipinski definition) is 1.